The number of hydrogen-bond acceptors (Lipinski definition) is 4. The molecular formula is C24H19F17INO5. The number of aliphatic carboxylic acids is 1. The van der Waals surface area contributed by atoms with Crippen molar-refractivity contribution in [1.82, 2.24) is 4.90 Å². The molecular weight excluding hydrogens is 832 g/mol. The van der Waals surface area contributed by atoms with Crippen molar-refractivity contribution in [3.05, 3.63) is 35.9 Å². The second-order valence-electron chi connectivity index (χ2n) is 10.2. The number of ether oxygens (including phenoxy) is 2. The summed E-state index contributed by atoms with van der Waals surface area (Å²) in [6.45, 7) is -2.23. The highest BCUT2D eigenvalue weighted by atomic mass is 127. The van der Waals surface area contributed by atoms with Crippen molar-refractivity contribution in [2.75, 3.05) is 13.2 Å². The highest BCUT2D eigenvalue weighted by molar-refractivity contribution is 14.1. The Balaban J connectivity index is 2.18. The van der Waals surface area contributed by atoms with E-state index in [1.165, 1.54) is 12.1 Å². The van der Waals surface area contributed by atoms with Gasteiger partial charge in [-0.2, -0.15) is 74.6 Å². The standard InChI is InChI=1S/C24H19F17INO5/c25-17(26,18(27,28)19(29,30)20(31,32)21(33,34)22(35,36)23(37,38)24(39,40)41)7-12(42)10-47-13-6-14(15(44)45)43(8-13)16(46)48-9-11-4-2-1-3-5-11/h1-5,12-14H,6-10H2,(H,44,45)/t12?,13-,14+/m1/s1. The number of carboxylic acids is 1. The van der Waals surface area contributed by atoms with E-state index in [0.29, 0.717) is 10.5 Å². The monoisotopic (exact) mass is 851 g/mol. The van der Waals surface area contributed by atoms with Crippen LogP contribution in [-0.4, -0.2) is 98.9 Å². The Kier molecular flexibility index (Phi) is 11.8. The second kappa shape index (κ2) is 13.6. The largest absolute Gasteiger partial charge is 0.480 e. The Morgan fingerprint density at radius 2 is 1.23 bits per heavy atom. The zero-order valence-corrected chi connectivity index (χ0v) is 25.1. The number of carboxylic acid groups (broad SMARTS) is 1. The Labute approximate surface area is 270 Å². The molecule has 6 nitrogen and oxygen atoms in total. The molecule has 0 bridgehead atoms. The van der Waals surface area contributed by atoms with Crippen molar-refractivity contribution in [3.8, 4) is 0 Å². The van der Waals surface area contributed by atoms with Gasteiger partial charge in [-0.15, -0.1) is 0 Å². The topological polar surface area (TPSA) is 76.1 Å². The first kappa shape index (κ1) is 41.6. The molecule has 3 atom stereocenters. The molecule has 24 heteroatoms. The maximum Gasteiger partial charge on any atom is 0.460 e. The van der Waals surface area contributed by atoms with Crippen molar-refractivity contribution in [2.45, 2.75) is 83.2 Å². The molecule has 1 heterocycles. The minimum atomic E-state index is -8.72. The molecule has 1 aliphatic rings. The summed E-state index contributed by atoms with van der Waals surface area (Å²) in [5, 5.41) is 9.37. The number of carbonyl (C=O) groups is 2. The highest BCUT2D eigenvalue weighted by Gasteiger charge is 2.95. The number of nitrogens with zero attached hydrogens (tertiary/aromatic N) is 1. The normalized spacial score (nSPS) is 19.8. The Morgan fingerprint density at radius 3 is 1.69 bits per heavy atom. The number of rotatable bonds is 14. The van der Waals surface area contributed by atoms with Gasteiger partial charge in [0, 0.05) is 16.8 Å². The lowest BCUT2D eigenvalue weighted by Crippen LogP contribution is -2.74. The van der Waals surface area contributed by atoms with E-state index in [4.69, 9.17) is 9.47 Å². The third kappa shape index (κ3) is 7.32. The quantitative estimate of drug-likeness (QED) is 0.117. The lowest BCUT2D eigenvalue weighted by molar-refractivity contribution is -0.461. The minimum Gasteiger partial charge on any atom is -0.480 e. The third-order valence-corrected chi connectivity index (χ3v) is 7.57. The second-order valence-corrected chi connectivity index (χ2v) is 11.9. The smallest absolute Gasteiger partial charge is 0.460 e. The predicted octanol–water partition coefficient (Wildman–Crippen LogP) is 8.07. The SMILES string of the molecule is O=C(O)[C@@H]1C[C@@H](OCC(I)CC(F)(F)C(F)(F)C(F)(F)C(F)(F)C(F)(F)C(F)(F)C(F)(F)C(F)(F)F)CN1C(=O)OCc1ccccc1. The maximum atomic E-state index is 14.3. The van der Waals surface area contributed by atoms with Gasteiger partial charge < -0.3 is 14.6 Å². The van der Waals surface area contributed by atoms with Gasteiger partial charge in [0.15, 0.2) is 0 Å². The molecule has 1 aliphatic heterocycles. The van der Waals surface area contributed by atoms with Gasteiger partial charge in [-0.1, -0.05) is 52.9 Å². The molecule has 2 rings (SSSR count). The first-order valence-corrected chi connectivity index (χ1v) is 13.8. The van der Waals surface area contributed by atoms with E-state index in [1.54, 1.807) is 18.2 Å². The Hall–Kier alpha value is -2.54. The average Bonchev–Trinajstić information content (AvgIpc) is 3.39. The molecule has 1 fully saturated rings. The van der Waals surface area contributed by atoms with E-state index in [-0.39, 0.29) is 6.61 Å². The fourth-order valence-electron chi connectivity index (χ4n) is 4.06. The van der Waals surface area contributed by atoms with Crippen LogP contribution in [0.4, 0.5) is 79.4 Å². The van der Waals surface area contributed by atoms with E-state index in [1.807, 2.05) is 0 Å². The first-order valence-electron chi connectivity index (χ1n) is 12.6. The van der Waals surface area contributed by atoms with E-state index < -0.39 is 102 Å². The summed E-state index contributed by atoms with van der Waals surface area (Å²) >= 11 is 0.763. The molecule has 48 heavy (non-hydrogen) atoms. The van der Waals surface area contributed by atoms with Crippen LogP contribution in [0.3, 0.4) is 0 Å². The molecule has 0 radical (unpaired) electrons. The van der Waals surface area contributed by atoms with Crippen molar-refractivity contribution in [2.24, 2.45) is 0 Å². The average molecular weight is 851 g/mol. The van der Waals surface area contributed by atoms with Crippen LogP contribution in [0, 0.1) is 0 Å². The summed E-state index contributed by atoms with van der Waals surface area (Å²) in [6, 6.07) is 6.16. The van der Waals surface area contributed by atoms with Crippen LogP contribution in [0.25, 0.3) is 0 Å². The summed E-state index contributed by atoms with van der Waals surface area (Å²) in [5.74, 6) is -58.7. The van der Waals surface area contributed by atoms with Crippen LogP contribution < -0.4 is 0 Å². The predicted molar refractivity (Wildman–Crippen MR) is 132 cm³/mol. The summed E-state index contributed by atoms with van der Waals surface area (Å²) in [5.41, 5.74) is 0.468. The van der Waals surface area contributed by atoms with E-state index >= 15 is 0 Å². The van der Waals surface area contributed by atoms with Crippen molar-refractivity contribution < 1.29 is 98.8 Å². The lowest BCUT2D eigenvalue weighted by Gasteiger charge is -2.43. The van der Waals surface area contributed by atoms with Crippen LogP contribution >= 0.6 is 22.6 Å². The van der Waals surface area contributed by atoms with E-state index in [0.717, 1.165) is 22.6 Å². The molecule has 1 aromatic rings. The minimum absolute atomic E-state index is 0.342. The van der Waals surface area contributed by atoms with Gasteiger partial charge >= 0.3 is 59.7 Å². The summed E-state index contributed by atoms with van der Waals surface area (Å²) in [7, 11) is 0. The van der Waals surface area contributed by atoms with Crippen LogP contribution in [-0.2, 0) is 20.9 Å². The molecule has 1 unspecified atom stereocenters. The fourth-order valence-corrected chi connectivity index (χ4v) is 4.82. The zero-order chi connectivity index (χ0) is 37.5. The summed E-state index contributed by atoms with van der Waals surface area (Å²) in [4.78, 5) is 24.6. The molecule has 0 saturated carbocycles. The number of alkyl halides is 18. The molecule has 1 amide bonds. The molecule has 0 spiro atoms. The molecule has 0 aliphatic carbocycles. The van der Waals surface area contributed by atoms with Crippen molar-refractivity contribution >= 4 is 34.7 Å². The van der Waals surface area contributed by atoms with Gasteiger partial charge in [0.1, 0.15) is 12.6 Å². The summed E-state index contributed by atoms with van der Waals surface area (Å²) in [6.07, 6.45) is -13.8. The number of likely N-dealkylation sites (tertiary alicyclic amines) is 1. The maximum absolute atomic E-state index is 14.3. The number of halogens is 18. The van der Waals surface area contributed by atoms with E-state index in [9.17, 15) is 89.3 Å². The fraction of sp³-hybridized carbons (Fsp3) is 0.667. The van der Waals surface area contributed by atoms with Gasteiger partial charge in [0.25, 0.3) is 0 Å². The van der Waals surface area contributed by atoms with Crippen LogP contribution in [0.2, 0.25) is 0 Å². The van der Waals surface area contributed by atoms with Gasteiger partial charge in [-0.3, -0.25) is 4.90 Å². The number of hydrogen-bond donors (Lipinski definition) is 1. The van der Waals surface area contributed by atoms with Gasteiger partial charge in [0.2, 0.25) is 0 Å². The zero-order valence-electron chi connectivity index (χ0n) is 23.0. The van der Waals surface area contributed by atoms with E-state index in [2.05, 4.69) is 0 Å². The summed E-state index contributed by atoms with van der Waals surface area (Å²) < 4.78 is 237. The van der Waals surface area contributed by atoms with Gasteiger partial charge in [0.05, 0.1) is 19.3 Å². The molecule has 1 aromatic carbocycles. The Bertz CT molecular complexity index is 1300. The van der Waals surface area contributed by atoms with Crippen LogP contribution in [0.5, 0.6) is 0 Å². The van der Waals surface area contributed by atoms with Gasteiger partial charge in [-0.05, 0) is 5.56 Å². The van der Waals surface area contributed by atoms with Crippen molar-refractivity contribution in [3.63, 3.8) is 0 Å². The third-order valence-electron chi connectivity index (χ3n) is 6.77. The number of carbonyl (C=O) groups excluding carboxylic acids is 1. The highest BCUT2D eigenvalue weighted by Crippen LogP contribution is 2.64. The van der Waals surface area contributed by atoms with Crippen LogP contribution in [0.15, 0.2) is 30.3 Å². The number of amides is 1. The molecule has 1 saturated heterocycles. The molecule has 1 N–H and O–H groups in total. The Morgan fingerprint density at radius 1 is 0.771 bits per heavy atom. The van der Waals surface area contributed by atoms with Crippen LogP contribution in [0.1, 0.15) is 18.4 Å². The molecule has 0 aromatic heterocycles. The first-order chi connectivity index (χ1) is 21.4. The van der Waals surface area contributed by atoms with Crippen molar-refractivity contribution in [1.29, 1.82) is 0 Å². The van der Waals surface area contributed by atoms with Gasteiger partial charge in [-0.25, -0.2) is 9.59 Å². The number of benzene rings is 1. The lowest BCUT2D eigenvalue weighted by atomic mass is 9.88. The molecule has 276 valence electrons.